The van der Waals surface area contributed by atoms with Crippen LogP contribution in [0, 0.1) is 0 Å². The smallest absolute Gasteiger partial charge is 0.322 e. The summed E-state index contributed by atoms with van der Waals surface area (Å²) >= 11 is 0. The van der Waals surface area contributed by atoms with Crippen LogP contribution in [0.4, 0.5) is 5.82 Å². The molecule has 0 spiro atoms. The van der Waals surface area contributed by atoms with Crippen molar-refractivity contribution in [1.82, 2.24) is 9.97 Å². The Morgan fingerprint density at radius 1 is 1.47 bits per heavy atom. The summed E-state index contributed by atoms with van der Waals surface area (Å²) in [6.07, 6.45) is 1.39. The van der Waals surface area contributed by atoms with E-state index in [0.29, 0.717) is 11.6 Å². The van der Waals surface area contributed by atoms with Crippen LogP contribution in [0.5, 0.6) is 5.75 Å². The molecule has 1 aromatic carbocycles. The number of rotatable bonds is 4. The predicted molar refractivity (Wildman–Crippen MR) is 62.2 cm³/mol. The minimum Gasteiger partial charge on any atom is -0.497 e. The van der Waals surface area contributed by atoms with E-state index in [9.17, 15) is 4.79 Å². The molecule has 0 amide bonds. The van der Waals surface area contributed by atoms with Crippen molar-refractivity contribution >= 4 is 22.7 Å². The lowest BCUT2D eigenvalue weighted by molar-refractivity contribution is -0.134. The fourth-order valence-corrected chi connectivity index (χ4v) is 1.46. The lowest BCUT2D eigenvalue weighted by Gasteiger charge is -2.07. The Morgan fingerprint density at radius 2 is 2.29 bits per heavy atom. The predicted octanol–water partition coefficient (Wildman–Crippen LogP) is 1.13. The molecule has 0 unspecified atom stereocenters. The normalized spacial score (nSPS) is 10.2. The maximum Gasteiger partial charge on any atom is 0.322 e. The first-order valence-corrected chi connectivity index (χ1v) is 4.95. The number of nitrogens with zero attached hydrogens (tertiary/aromatic N) is 2. The average molecular weight is 233 g/mol. The van der Waals surface area contributed by atoms with Gasteiger partial charge in [0.25, 0.3) is 0 Å². The van der Waals surface area contributed by atoms with Crippen molar-refractivity contribution in [3.8, 4) is 5.75 Å². The molecule has 0 aliphatic heterocycles. The van der Waals surface area contributed by atoms with Gasteiger partial charge in [-0.15, -0.1) is 0 Å². The highest BCUT2D eigenvalue weighted by Crippen LogP contribution is 2.23. The largest absolute Gasteiger partial charge is 0.497 e. The van der Waals surface area contributed by atoms with E-state index in [2.05, 4.69) is 15.3 Å². The molecule has 0 bridgehead atoms. The molecule has 0 saturated carbocycles. The Morgan fingerprint density at radius 3 is 3.00 bits per heavy atom. The first kappa shape index (κ1) is 11.1. The molecule has 0 radical (unpaired) electrons. The van der Waals surface area contributed by atoms with Gasteiger partial charge in [-0.3, -0.25) is 4.79 Å². The quantitative estimate of drug-likeness (QED) is 0.823. The topological polar surface area (TPSA) is 84.3 Å². The maximum absolute atomic E-state index is 10.5. The van der Waals surface area contributed by atoms with Crippen LogP contribution < -0.4 is 10.1 Å². The number of hydrogen-bond acceptors (Lipinski definition) is 5. The van der Waals surface area contributed by atoms with E-state index in [-0.39, 0.29) is 6.54 Å². The summed E-state index contributed by atoms with van der Waals surface area (Å²) in [4.78, 5) is 18.6. The molecular weight excluding hydrogens is 222 g/mol. The summed E-state index contributed by atoms with van der Waals surface area (Å²) < 4.78 is 5.10. The summed E-state index contributed by atoms with van der Waals surface area (Å²) in [5.74, 6) is 0.210. The van der Waals surface area contributed by atoms with Crippen molar-refractivity contribution in [2.45, 2.75) is 0 Å². The highest BCUT2D eigenvalue weighted by atomic mass is 16.5. The molecule has 2 rings (SSSR count). The van der Waals surface area contributed by atoms with Gasteiger partial charge in [0, 0.05) is 5.39 Å². The van der Waals surface area contributed by atoms with E-state index < -0.39 is 5.97 Å². The Hall–Kier alpha value is -2.37. The Balaban J connectivity index is 2.43. The summed E-state index contributed by atoms with van der Waals surface area (Å²) in [5.41, 5.74) is 0.730. The van der Waals surface area contributed by atoms with Crippen molar-refractivity contribution in [2.24, 2.45) is 0 Å². The zero-order valence-electron chi connectivity index (χ0n) is 9.17. The minimum absolute atomic E-state index is 0.191. The third-order valence-electron chi connectivity index (χ3n) is 2.25. The standard InChI is InChI=1S/C11H11N3O3/c1-17-7-2-3-9-8(4-7)11(14-6-13-9)12-5-10(15)16/h2-4,6H,5H2,1H3,(H,15,16)(H,12,13,14). The van der Waals surface area contributed by atoms with E-state index in [0.717, 1.165) is 10.9 Å². The number of carbonyl (C=O) groups is 1. The molecule has 0 aliphatic carbocycles. The van der Waals surface area contributed by atoms with E-state index >= 15 is 0 Å². The molecular formula is C11H11N3O3. The average Bonchev–Trinajstić information content (AvgIpc) is 2.35. The van der Waals surface area contributed by atoms with Gasteiger partial charge in [0.15, 0.2) is 0 Å². The third-order valence-corrected chi connectivity index (χ3v) is 2.25. The van der Waals surface area contributed by atoms with Gasteiger partial charge in [0.05, 0.1) is 12.6 Å². The lowest BCUT2D eigenvalue weighted by atomic mass is 10.2. The van der Waals surface area contributed by atoms with Crippen molar-refractivity contribution in [3.63, 3.8) is 0 Å². The molecule has 0 atom stereocenters. The van der Waals surface area contributed by atoms with Gasteiger partial charge >= 0.3 is 5.97 Å². The van der Waals surface area contributed by atoms with Gasteiger partial charge in [0.1, 0.15) is 24.4 Å². The van der Waals surface area contributed by atoms with Gasteiger partial charge in [-0.2, -0.15) is 0 Å². The number of carboxylic acids is 1. The summed E-state index contributed by atoms with van der Waals surface area (Å²) in [5, 5.41) is 12.1. The highest BCUT2D eigenvalue weighted by Gasteiger charge is 2.06. The molecule has 1 aromatic heterocycles. The molecule has 2 N–H and O–H groups in total. The molecule has 2 aromatic rings. The van der Waals surface area contributed by atoms with Crippen LogP contribution in [0.15, 0.2) is 24.5 Å². The molecule has 0 fully saturated rings. The number of methoxy groups -OCH3 is 1. The van der Waals surface area contributed by atoms with E-state index in [4.69, 9.17) is 9.84 Å². The maximum atomic E-state index is 10.5. The third kappa shape index (κ3) is 2.41. The molecule has 0 aliphatic rings. The van der Waals surface area contributed by atoms with Gasteiger partial charge in [-0.05, 0) is 18.2 Å². The second-order valence-electron chi connectivity index (χ2n) is 3.35. The number of ether oxygens (including phenoxy) is 1. The van der Waals surface area contributed by atoms with Gasteiger partial charge < -0.3 is 15.2 Å². The zero-order valence-corrected chi connectivity index (χ0v) is 9.17. The van der Waals surface area contributed by atoms with Crippen LogP contribution in [0.1, 0.15) is 0 Å². The number of benzene rings is 1. The second kappa shape index (κ2) is 4.65. The number of aliphatic carboxylic acids is 1. The van der Waals surface area contributed by atoms with E-state index in [1.165, 1.54) is 6.33 Å². The monoisotopic (exact) mass is 233 g/mol. The minimum atomic E-state index is -0.945. The van der Waals surface area contributed by atoms with E-state index in [1.807, 2.05) is 0 Å². The fourth-order valence-electron chi connectivity index (χ4n) is 1.46. The number of hydrogen-bond donors (Lipinski definition) is 2. The summed E-state index contributed by atoms with van der Waals surface area (Å²) in [7, 11) is 1.56. The lowest BCUT2D eigenvalue weighted by Crippen LogP contribution is -2.13. The second-order valence-corrected chi connectivity index (χ2v) is 3.35. The highest BCUT2D eigenvalue weighted by molar-refractivity contribution is 5.90. The Labute approximate surface area is 97.3 Å². The van der Waals surface area contributed by atoms with Crippen molar-refractivity contribution in [3.05, 3.63) is 24.5 Å². The van der Waals surface area contributed by atoms with Gasteiger partial charge in [0.2, 0.25) is 0 Å². The van der Waals surface area contributed by atoms with Gasteiger partial charge in [-0.25, -0.2) is 9.97 Å². The number of aromatic nitrogens is 2. The van der Waals surface area contributed by atoms with E-state index in [1.54, 1.807) is 25.3 Å². The SMILES string of the molecule is COc1ccc2ncnc(NCC(=O)O)c2c1. The molecule has 6 nitrogen and oxygen atoms in total. The first-order chi connectivity index (χ1) is 8.20. The van der Waals surface area contributed by atoms with Crippen molar-refractivity contribution in [1.29, 1.82) is 0 Å². The van der Waals surface area contributed by atoms with Crippen molar-refractivity contribution < 1.29 is 14.6 Å². The van der Waals surface area contributed by atoms with Crippen LogP contribution in [0.25, 0.3) is 10.9 Å². The van der Waals surface area contributed by atoms with Crippen molar-refractivity contribution in [2.75, 3.05) is 19.0 Å². The molecule has 88 valence electrons. The van der Waals surface area contributed by atoms with Crippen LogP contribution in [-0.4, -0.2) is 34.7 Å². The number of carboxylic acid groups (broad SMARTS) is 1. The first-order valence-electron chi connectivity index (χ1n) is 4.95. The number of anilines is 1. The zero-order chi connectivity index (χ0) is 12.3. The molecule has 0 saturated heterocycles. The Kier molecular flexibility index (Phi) is 3.04. The van der Waals surface area contributed by atoms with Gasteiger partial charge in [-0.1, -0.05) is 0 Å². The number of fused-ring (bicyclic) bond motifs is 1. The van der Waals surface area contributed by atoms with Crippen LogP contribution in [0.2, 0.25) is 0 Å². The van der Waals surface area contributed by atoms with Crippen LogP contribution in [-0.2, 0) is 4.79 Å². The fraction of sp³-hybridized carbons (Fsp3) is 0.182. The molecule has 17 heavy (non-hydrogen) atoms. The van der Waals surface area contributed by atoms with Crippen LogP contribution >= 0.6 is 0 Å². The summed E-state index contributed by atoms with van der Waals surface area (Å²) in [6.45, 7) is -0.191. The molecule has 1 heterocycles. The summed E-state index contributed by atoms with van der Waals surface area (Å²) in [6, 6.07) is 5.34. The Bertz CT molecular complexity index is 557. The number of nitrogens with one attached hydrogen (secondary N) is 1. The van der Waals surface area contributed by atoms with Crippen LogP contribution in [0.3, 0.4) is 0 Å². The molecule has 6 heteroatoms.